The van der Waals surface area contributed by atoms with Crippen molar-refractivity contribution >= 4 is 29.9 Å². The molecule has 3 aromatic rings. The van der Waals surface area contributed by atoms with E-state index in [1.165, 1.54) is 11.1 Å². The summed E-state index contributed by atoms with van der Waals surface area (Å²) in [6.45, 7) is 10.3. The van der Waals surface area contributed by atoms with Crippen LogP contribution in [0.2, 0.25) is 0 Å². The van der Waals surface area contributed by atoms with Crippen molar-refractivity contribution in [2.75, 3.05) is 31.6 Å². The minimum Gasteiger partial charge on any atom is -0.355 e. The van der Waals surface area contributed by atoms with Crippen LogP contribution < -0.4 is 10.2 Å². The molecule has 1 N–H and O–H groups in total. The van der Waals surface area contributed by atoms with Gasteiger partial charge in [-0.2, -0.15) is 4.98 Å². The van der Waals surface area contributed by atoms with Gasteiger partial charge in [0.2, 0.25) is 17.6 Å². The molecule has 216 valence electrons. The number of rotatable bonds is 12. The van der Waals surface area contributed by atoms with Gasteiger partial charge in [-0.25, -0.2) is 5.01 Å². The lowest BCUT2D eigenvalue weighted by atomic mass is 10.0. The molecule has 0 aliphatic carbocycles. The normalized spacial score (nSPS) is 12.7. The number of benzene rings is 2. The number of aryl methyl sites for hydroxylation is 2. The summed E-state index contributed by atoms with van der Waals surface area (Å²) < 4.78 is 5.19. The van der Waals surface area contributed by atoms with Gasteiger partial charge in [0.15, 0.2) is 0 Å². The van der Waals surface area contributed by atoms with E-state index in [0.29, 0.717) is 37.3 Å². The smallest absolute Gasteiger partial charge is 0.256 e. The molecule has 0 bridgehead atoms. The number of hydrogen-bond donors (Lipinski definition) is 1. The average Bonchev–Trinajstić information content (AvgIpc) is 3.56. The monoisotopic (exact) mass is 568 g/mol. The molecule has 0 atom stereocenters. The van der Waals surface area contributed by atoms with Gasteiger partial charge in [-0.05, 0) is 47.9 Å². The highest BCUT2D eigenvalue weighted by molar-refractivity contribution is 5.87. The largest absolute Gasteiger partial charge is 0.355 e. The standard InChI is InChI=1S/C30H40N6O3.ClH/c1-6-23-13-14-24(30-32-22(4)39-33-30)16-27(23)35(19-28(37)31-15-9-10-21(2)3)20-29(38)34(5)36-17-25-11-7-8-12-26(25)18-36;/h7-8,11-14,16,21H,6,9-10,15,17-20H2,1-5H3,(H,31,37);1H. The first-order valence-electron chi connectivity index (χ1n) is 13.8. The summed E-state index contributed by atoms with van der Waals surface area (Å²) in [7, 11) is 1.80. The van der Waals surface area contributed by atoms with E-state index in [0.717, 1.165) is 36.1 Å². The van der Waals surface area contributed by atoms with Crippen molar-refractivity contribution < 1.29 is 14.1 Å². The minimum absolute atomic E-state index is 0. The topological polar surface area (TPSA) is 94.8 Å². The summed E-state index contributed by atoms with van der Waals surface area (Å²) in [6.07, 6.45) is 2.73. The van der Waals surface area contributed by atoms with Crippen molar-refractivity contribution in [1.29, 1.82) is 0 Å². The fraction of sp³-hybridized carbons (Fsp3) is 0.467. The van der Waals surface area contributed by atoms with E-state index in [1.807, 2.05) is 40.2 Å². The summed E-state index contributed by atoms with van der Waals surface area (Å²) in [5.41, 5.74) is 5.09. The molecule has 2 heterocycles. The number of nitrogens with one attached hydrogen (secondary N) is 1. The van der Waals surface area contributed by atoms with Crippen molar-refractivity contribution in [2.45, 2.75) is 60.0 Å². The van der Waals surface area contributed by atoms with Crippen LogP contribution in [0.3, 0.4) is 0 Å². The maximum absolute atomic E-state index is 13.6. The second-order valence-electron chi connectivity index (χ2n) is 10.6. The molecule has 0 spiro atoms. The Balaban J connectivity index is 0.00000441. The Morgan fingerprint density at radius 2 is 1.80 bits per heavy atom. The Labute approximate surface area is 243 Å². The highest BCUT2D eigenvalue weighted by Crippen LogP contribution is 2.28. The number of aromatic nitrogens is 2. The molecule has 0 fully saturated rings. The van der Waals surface area contributed by atoms with E-state index in [-0.39, 0.29) is 37.3 Å². The summed E-state index contributed by atoms with van der Waals surface area (Å²) >= 11 is 0. The second kappa shape index (κ2) is 14.3. The predicted octanol–water partition coefficient (Wildman–Crippen LogP) is 4.78. The summed E-state index contributed by atoms with van der Waals surface area (Å²) in [4.78, 5) is 32.9. The van der Waals surface area contributed by atoms with E-state index in [9.17, 15) is 9.59 Å². The number of carbonyl (C=O) groups excluding carboxylic acids is 2. The number of halogens is 1. The number of likely N-dealkylation sites (N-methyl/N-ethyl adjacent to an activating group) is 1. The first-order chi connectivity index (χ1) is 18.7. The third-order valence-electron chi connectivity index (χ3n) is 7.14. The van der Waals surface area contributed by atoms with Gasteiger partial charge >= 0.3 is 0 Å². The molecule has 10 heteroatoms. The van der Waals surface area contributed by atoms with Crippen LogP contribution in [0.1, 0.15) is 56.2 Å². The molecule has 1 aliphatic heterocycles. The van der Waals surface area contributed by atoms with Gasteiger partial charge in [0.1, 0.15) is 0 Å². The molecule has 1 aliphatic rings. The van der Waals surface area contributed by atoms with Crippen LogP contribution in [0, 0.1) is 12.8 Å². The number of fused-ring (bicyclic) bond motifs is 1. The number of anilines is 1. The van der Waals surface area contributed by atoms with Crippen LogP contribution in [-0.2, 0) is 29.1 Å². The van der Waals surface area contributed by atoms with E-state index >= 15 is 0 Å². The second-order valence-corrected chi connectivity index (χ2v) is 10.6. The maximum atomic E-state index is 13.6. The zero-order chi connectivity index (χ0) is 27.9. The zero-order valence-electron chi connectivity index (χ0n) is 24.1. The van der Waals surface area contributed by atoms with Gasteiger partial charge in [-0.15, -0.1) is 12.4 Å². The fourth-order valence-corrected chi connectivity index (χ4v) is 4.86. The Morgan fingerprint density at radius 1 is 1.10 bits per heavy atom. The summed E-state index contributed by atoms with van der Waals surface area (Å²) in [5.74, 6) is 1.36. The first kappa shape index (κ1) is 31.1. The number of nitrogens with zero attached hydrogens (tertiary/aromatic N) is 5. The first-order valence-corrected chi connectivity index (χ1v) is 13.8. The molecule has 40 heavy (non-hydrogen) atoms. The van der Waals surface area contributed by atoms with Crippen LogP contribution >= 0.6 is 12.4 Å². The Hall–Kier alpha value is -3.43. The third-order valence-corrected chi connectivity index (χ3v) is 7.14. The van der Waals surface area contributed by atoms with Crippen LogP contribution in [0.4, 0.5) is 5.69 Å². The van der Waals surface area contributed by atoms with E-state index in [2.05, 4.69) is 48.4 Å². The van der Waals surface area contributed by atoms with Crippen LogP contribution in [0.25, 0.3) is 11.4 Å². The van der Waals surface area contributed by atoms with E-state index in [1.54, 1.807) is 19.0 Å². The molecular formula is C30H41ClN6O3. The van der Waals surface area contributed by atoms with Gasteiger partial charge in [0, 0.05) is 44.9 Å². The predicted molar refractivity (Wildman–Crippen MR) is 159 cm³/mol. The van der Waals surface area contributed by atoms with Crippen molar-refractivity contribution in [2.24, 2.45) is 5.92 Å². The van der Waals surface area contributed by atoms with Gasteiger partial charge in [-0.3, -0.25) is 14.6 Å². The molecule has 0 saturated heterocycles. The Morgan fingerprint density at radius 3 is 2.40 bits per heavy atom. The molecular weight excluding hydrogens is 528 g/mol. The van der Waals surface area contributed by atoms with Crippen molar-refractivity contribution in [1.82, 2.24) is 25.5 Å². The van der Waals surface area contributed by atoms with Crippen molar-refractivity contribution in [3.05, 3.63) is 65.0 Å². The van der Waals surface area contributed by atoms with Crippen LogP contribution in [0.15, 0.2) is 47.0 Å². The number of hydrazine groups is 1. The summed E-state index contributed by atoms with van der Waals surface area (Å²) in [5, 5.41) is 10.8. The van der Waals surface area contributed by atoms with Crippen LogP contribution in [0.5, 0.6) is 0 Å². The average molecular weight is 569 g/mol. The van der Waals surface area contributed by atoms with Gasteiger partial charge < -0.3 is 14.7 Å². The van der Waals surface area contributed by atoms with Crippen LogP contribution in [-0.4, -0.2) is 58.7 Å². The fourth-order valence-electron chi connectivity index (χ4n) is 4.86. The van der Waals surface area contributed by atoms with E-state index in [4.69, 9.17) is 4.52 Å². The van der Waals surface area contributed by atoms with Gasteiger partial charge in [-0.1, -0.05) is 62.3 Å². The Kier molecular flexibility index (Phi) is 11.1. The lowest BCUT2D eigenvalue weighted by molar-refractivity contribution is -0.145. The maximum Gasteiger partial charge on any atom is 0.256 e. The molecule has 0 radical (unpaired) electrons. The molecule has 1 aromatic heterocycles. The Bertz CT molecular complexity index is 1270. The quantitative estimate of drug-likeness (QED) is 0.314. The molecule has 0 unspecified atom stereocenters. The summed E-state index contributed by atoms with van der Waals surface area (Å²) in [6, 6.07) is 14.2. The lowest BCUT2D eigenvalue weighted by Crippen LogP contribution is -2.48. The molecule has 4 rings (SSSR count). The zero-order valence-corrected chi connectivity index (χ0v) is 25.0. The van der Waals surface area contributed by atoms with Crippen molar-refractivity contribution in [3.8, 4) is 11.4 Å². The highest BCUT2D eigenvalue weighted by atomic mass is 35.5. The number of carbonyl (C=O) groups is 2. The molecule has 0 saturated carbocycles. The van der Waals surface area contributed by atoms with E-state index < -0.39 is 0 Å². The SMILES string of the molecule is CCc1ccc(-c2noc(C)n2)cc1N(CC(=O)NCCCC(C)C)CC(=O)N(C)N1Cc2ccccc2C1.Cl. The van der Waals surface area contributed by atoms with Gasteiger partial charge in [0.05, 0.1) is 13.1 Å². The highest BCUT2D eigenvalue weighted by Gasteiger charge is 2.27. The van der Waals surface area contributed by atoms with Crippen molar-refractivity contribution in [3.63, 3.8) is 0 Å². The molecule has 2 amide bonds. The number of amides is 2. The lowest BCUT2D eigenvalue weighted by Gasteiger charge is -2.32. The minimum atomic E-state index is -0.106. The van der Waals surface area contributed by atoms with Gasteiger partial charge in [0.25, 0.3) is 5.91 Å². The molecule has 2 aromatic carbocycles. The number of hydrogen-bond acceptors (Lipinski definition) is 7. The molecule has 9 nitrogen and oxygen atoms in total. The third kappa shape index (κ3) is 7.82.